The minimum Gasteiger partial charge on any atom is -0.396 e. The normalized spacial score (nSPS) is 19.6. The third-order valence-electron chi connectivity index (χ3n) is 3.02. The summed E-state index contributed by atoms with van der Waals surface area (Å²) < 4.78 is 5.63. The van der Waals surface area contributed by atoms with Gasteiger partial charge in [-0.2, -0.15) is 5.26 Å². The number of benzene rings is 1. The van der Waals surface area contributed by atoms with Crippen LogP contribution in [0.25, 0.3) is 0 Å². The van der Waals surface area contributed by atoms with Gasteiger partial charge in [0.05, 0.1) is 23.0 Å². The van der Waals surface area contributed by atoms with Crippen molar-refractivity contribution in [3.8, 4) is 6.07 Å². The Morgan fingerprint density at radius 3 is 3.06 bits per heavy atom. The Hall–Kier alpha value is -1.73. The largest absolute Gasteiger partial charge is 0.396 e. The Balaban J connectivity index is 1.96. The highest BCUT2D eigenvalue weighted by Gasteiger charge is 2.14. The second-order valence-corrected chi connectivity index (χ2v) is 4.25. The van der Waals surface area contributed by atoms with E-state index in [1.54, 1.807) is 6.07 Å². The van der Waals surface area contributed by atoms with Crippen LogP contribution < -0.4 is 11.1 Å². The summed E-state index contributed by atoms with van der Waals surface area (Å²) in [7, 11) is 0. The van der Waals surface area contributed by atoms with E-state index in [1.807, 2.05) is 12.1 Å². The van der Waals surface area contributed by atoms with Crippen LogP contribution in [0.15, 0.2) is 18.2 Å². The van der Waals surface area contributed by atoms with Gasteiger partial charge < -0.3 is 15.8 Å². The number of nitrogens with one attached hydrogen (secondary N) is 1. The lowest BCUT2D eigenvalue weighted by molar-refractivity contribution is 0.0248. The van der Waals surface area contributed by atoms with E-state index in [0.717, 1.165) is 31.7 Å². The van der Waals surface area contributed by atoms with Gasteiger partial charge >= 0.3 is 0 Å². The van der Waals surface area contributed by atoms with Crippen molar-refractivity contribution < 1.29 is 4.74 Å². The molecule has 1 aromatic rings. The molecule has 17 heavy (non-hydrogen) atoms. The fourth-order valence-corrected chi connectivity index (χ4v) is 2.01. The SMILES string of the molecule is N#Cc1cccc(NCC2CCCCO2)c1N. The molecule has 1 saturated heterocycles. The molecule has 0 aliphatic carbocycles. The molecule has 1 atom stereocenters. The van der Waals surface area contributed by atoms with E-state index in [0.29, 0.717) is 11.3 Å². The first-order chi connectivity index (χ1) is 8.31. The van der Waals surface area contributed by atoms with E-state index < -0.39 is 0 Å². The quantitative estimate of drug-likeness (QED) is 0.782. The zero-order chi connectivity index (χ0) is 12.1. The van der Waals surface area contributed by atoms with E-state index in [9.17, 15) is 0 Å². The first kappa shape index (κ1) is 11.7. The van der Waals surface area contributed by atoms with Crippen molar-refractivity contribution in [2.24, 2.45) is 0 Å². The van der Waals surface area contributed by atoms with E-state index in [-0.39, 0.29) is 6.10 Å². The maximum atomic E-state index is 8.88. The molecule has 1 aromatic carbocycles. The molecule has 90 valence electrons. The van der Waals surface area contributed by atoms with Gasteiger partial charge in [-0.05, 0) is 31.4 Å². The minimum absolute atomic E-state index is 0.258. The number of nitrogens with two attached hydrogens (primary N) is 1. The van der Waals surface area contributed by atoms with Crippen molar-refractivity contribution in [3.05, 3.63) is 23.8 Å². The van der Waals surface area contributed by atoms with Crippen LogP contribution in [0, 0.1) is 11.3 Å². The van der Waals surface area contributed by atoms with Crippen LogP contribution in [0.2, 0.25) is 0 Å². The Bertz CT molecular complexity index is 419. The fourth-order valence-electron chi connectivity index (χ4n) is 2.01. The topological polar surface area (TPSA) is 71.1 Å². The van der Waals surface area contributed by atoms with Crippen molar-refractivity contribution in [1.82, 2.24) is 0 Å². The third-order valence-corrected chi connectivity index (χ3v) is 3.02. The van der Waals surface area contributed by atoms with Crippen LogP contribution in [0.5, 0.6) is 0 Å². The standard InChI is InChI=1S/C13H17N3O/c14-8-10-4-3-6-12(13(10)15)16-9-11-5-1-2-7-17-11/h3-4,6,11,16H,1-2,5,7,9,15H2. The Morgan fingerprint density at radius 2 is 2.35 bits per heavy atom. The molecule has 1 heterocycles. The van der Waals surface area contributed by atoms with Crippen molar-refractivity contribution in [2.75, 3.05) is 24.2 Å². The average Bonchev–Trinajstić information content (AvgIpc) is 2.39. The van der Waals surface area contributed by atoms with Crippen LogP contribution >= 0.6 is 0 Å². The number of anilines is 2. The maximum absolute atomic E-state index is 8.88. The van der Waals surface area contributed by atoms with Crippen LogP contribution in [-0.2, 0) is 4.74 Å². The van der Waals surface area contributed by atoms with Gasteiger partial charge in [-0.3, -0.25) is 0 Å². The molecule has 0 radical (unpaired) electrons. The summed E-state index contributed by atoms with van der Waals surface area (Å²) in [5.41, 5.74) is 7.73. The summed E-state index contributed by atoms with van der Waals surface area (Å²) in [6.07, 6.45) is 3.72. The Kier molecular flexibility index (Phi) is 3.84. The molecule has 0 bridgehead atoms. The minimum atomic E-state index is 0.258. The second kappa shape index (κ2) is 5.55. The van der Waals surface area contributed by atoms with Crippen molar-refractivity contribution in [3.63, 3.8) is 0 Å². The van der Waals surface area contributed by atoms with Gasteiger partial charge in [0.2, 0.25) is 0 Å². The first-order valence-corrected chi connectivity index (χ1v) is 5.95. The molecule has 0 saturated carbocycles. The summed E-state index contributed by atoms with van der Waals surface area (Å²) in [6, 6.07) is 7.52. The number of rotatable bonds is 3. The van der Waals surface area contributed by atoms with E-state index in [1.165, 1.54) is 6.42 Å². The molecular formula is C13H17N3O. The van der Waals surface area contributed by atoms with E-state index >= 15 is 0 Å². The molecule has 1 aliphatic heterocycles. The van der Waals surface area contributed by atoms with Crippen molar-refractivity contribution in [2.45, 2.75) is 25.4 Å². The second-order valence-electron chi connectivity index (χ2n) is 4.25. The predicted molar refractivity (Wildman–Crippen MR) is 67.7 cm³/mol. The highest BCUT2D eigenvalue weighted by atomic mass is 16.5. The summed E-state index contributed by atoms with van der Waals surface area (Å²) in [6.45, 7) is 1.60. The van der Waals surface area contributed by atoms with Gasteiger partial charge in [-0.25, -0.2) is 0 Å². The molecule has 1 aliphatic rings. The van der Waals surface area contributed by atoms with Gasteiger partial charge in [-0.1, -0.05) is 6.07 Å². The fraction of sp³-hybridized carbons (Fsp3) is 0.462. The molecule has 3 N–H and O–H groups in total. The van der Waals surface area contributed by atoms with E-state index in [2.05, 4.69) is 11.4 Å². The smallest absolute Gasteiger partial charge is 0.101 e. The lowest BCUT2D eigenvalue weighted by Gasteiger charge is -2.23. The molecule has 0 spiro atoms. The molecule has 0 amide bonds. The number of hydrogen-bond acceptors (Lipinski definition) is 4. The lowest BCUT2D eigenvalue weighted by atomic mass is 10.1. The highest BCUT2D eigenvalue weighted by Crippen LogP contribution is 2.22. The molecule has 4 nitrogen and oxygen atoms in total. The predicted octanol–water partition coefficient (Wildman–Crippen LogP) is 2.12. The lowest BCUT2D eigenvalue weighted by Crippen LogP contribution is -2.27. The number of nitriles is 1. The number of para-hydroxylation sites is 1. The molecule has 1 unspecified atom stereocenters. The van der Waals surface area contributed by atoms with Crippen molar-refractivity contribution >= 4 is 11.4 Å². The highest BCUT2D eigenvalue weighted by molar-refractivity contribution is 5.72. The summed E-state index contributed by atoms with van der Waals surface area (Å²) >= 11 is 0. The summed E-state index contributed by atoms with van der Waals surface area (Å²) in [4.78, 5) is 0. The van der Waals surface area contributed by atoms with Gasteiger partial charge in [-0.15, -0.1) is 0 Å². The van der Waals surface area contributed by atoms with Gasteiger partial charge in [0.25, 0.3) is 0 Å². The van der Waals surface area contributed by atoms with Gasteiger partial charge in [0.1, 0.15) is 6.07 Å². The number of hydrogen-bond donors (Lipinski definition) is 2. The molecule has 1 fully saturated rings. The Morgan fingerprint density at radius 1 is 1.47 bits per heavy atom. The Labute approximate surface area is 101 Å². The number of ether oxygens (including phenoxy) is 1. The number of nitrogens with zero attached hydrogens (tertiary/aromatic N) is 1. The van der Waals surface area contributed by atoms with Crippen LogP contribution in [-0.4, -0.2) is 19.3 Å². The zero-order valence-electron chi connectivity index (χ0n) is 9.78. The molecule has 0 aromatic heterocycles. The molecule has 4 heteroatoms. The maximum Gasteiger partial charge on any atom is 0.101 e. The summed E-state index contributed by atoms with van der Waals surface area (Å²) in [5.74, 6) is 0. The zero-order valence-corrected chi connectivity index (χ0v) is 9.78. The number of nitrogen functional groups attached to an aromatic ring is 1. The summed E-state index contributed by atoms with van der Waals surface area (Å²) in [5, 5.41) is 12.1. The van der Waals surface area contributed by atoms with Crippen molar-refractivity contribution in [1.29, 1.82) is 5.26 Å². The molecular weight excluding hydrogens is 214 g/mol. The van der Waals surface area contributed by atoms with E-state index in [4.69, 9.17) is 15.7 Å². The van der Waals surface area contributed by atoms with Crippen LogP contribution in [0.1, 0.15) is 24.8 Å². The van der Waals surface area contributed by atoms with Gasteiger partial charge in [0.15, 0.2) is 0 Å². The third kappa shape index (κ3) is 2.89. The first-order valence-electron chi connectivity index (χ1n) is 5.95. The van der Waals surface area contributed by atoms with Crippen LogP contribution in [0.3, 0.4) is 0 Å². The monoisotopic (exact) mass is 231 g/mol. The van der Waals surface area contributed by atoms with Crippen LogP contribution in [0.4, 0.5) is 11.4 Å². The average molecular weight is 231 g/mol. The van der Waals surface area contributed by atoms with Gasteiger partial charge in [0, 0.05) is 13.2 Å². The molecule has 2 rings (SSSR count).